The summed E-state index contributed by atoms with van der Waals surface area (Å²) < 4.78 is 0.975. The van der Waals surface area contributed by atoms with E-state index in [0.717, 1.165) is 8.66 Å². The van der Waals surface area contributed by atoms with Gasteiger partial charge in [-0.25, -0.2) is 0 Å². The van der Waals surface area contributed by atoms with E-state index in [0.29, 0.717) is 6.42 Å². The zero-order valence-corrected chi connectivity index (χ0v) is 9.91. The molecule has 0 fully saturated rings. The Hall–Kier alpha value is -0.350. The number of thiophene rings is 1. The normalized spacial score (nSPS) is 15.3. The molecule has 2 nitrogen and oxygen atoms in total. The van der Waals surface area contributed by atoms with Crippen molar-refractivity contribution < 1.29 is 9.90 Å². The minimum absolute atomic E-state index is 0.606. The molecular formula is C9H11BrO2S. The molecule has 0 spiro atoms. The fourth-order valence-corrected chi connectivity index (χ4v) is 2.64. The maximum absolute atomic E-state index is 11.1. The predicted molar refractivity (Wildman–Crippen MR) is 57.3 cm³/mol. The molecule has 1 heterocycles. The Bertz CT molecular complexity index is 321. The molecule has 1 rings (SSSR count). The van der Waals surface area contributed by atoms with Gasteiger partial charge in [0.2, 0.25) is 0 Å². The van der Waals surface area contributed by atoms with Crippen molar-refractivity contribution in [1.29, 1.82) is 0 Å². The Morgan fingerprint density at radius 3 is 2.62 bits per heavy atom. The van der Waals surface area contributed by atoms with Gasteiger partial charge >= 0.3 is 5.97 Å². The molecule has 0 amide bonds. The number of hydrogen-bond acceptors (Lipinski definition) is 2. The number of carboxylic acids is 1. The fraction of sp³-hybridized carbons (Fsp3) is 0.444. The number of halogens is 1. The lowest BCUT2D eigenvalue weighted by molar-refractivity contribution is -0.143. The van der Waals surface area contributed by atoms with E-state index < -0.39 is 11.4 Å². The van der Waals surface area contributed by atoms with Crippen LogP contribution in [0.25, 0.3) is 0 Å². The molecule has 0 radical (unpaired) electrons. The van der Waals surface area contributed by atoms with Crippen LogP contribution in [0.5, 0.6) is 0 Å². The van der Waals surface area contributed by atoms with Crippen molar-refractivity contribution in [3.8, 4) is 0 Å². The van der Waals surface area contributed by atoms with E-state index in [2.05, 4.69) is 15.9 Å². The highest BCUT2D eigenvalue weighted by Crippen LogP contribution is 2.35. The second-order valence-electron chi connectivity index (χ2n) is 3.09. The van der Waals surface area contributed by atoms with Crippen molar-refractivity contribution in [2.45, 2.75) is 25.7 Å². The average Bonchev–Trinajstić information content (AvgIpc) is 2.50. The third-order valence-corrected chi connectivity index (χ3v) is 4.18. The molecule has 1 aromatic rings. The standard InChI is InChI=1S/C9H11BrO2S/c1-3-9(2,8(11)12)6-4-5-7(10)13-6/h4-5H,3H2,1-2H3,(H,11,12). The smallest absolute Gasteiger partial charge is 0.314 e. The highest BCUT2D eigenvalue weighted by Gasteiger charge is 2.34. The van der Waals surface area contributed by atoms with Crippen molar-refractivity contribution in [2.75, 3.05) is 0 Å². The maximum atomic E-state index is 11.1. The van der Waals surface area contributed by atoms with Crippen LogP contribution >= 0.6 is 27.3 Å². The molecule has 0 aliphatic carbocycles. The molecule has 0 bridgehead atoms. The quantitative estimate of drug-likeness (QED) is 0.908. The van der Waals surface area contributed by atoms with Crippen LogP contribution in [0.15, 0.2) is 15.9 Å². The first-order valence-electron chi connectivity index (χ1n) is 4.00. The Morgan fingerprint density at radius 1 is 1.69 bits per heavy atom. The van der Waals surface area contributed by atoms with Gasteiger partial charge in [0, 0.05) is 4.88 Å². The number of hydrogen-bond donors (Lipinski definition) is 1. The second-order valence-corrected chi connectivity index (χ2v) is 5.56. The average molecular weight is 263 g/mol. The van der Waals surface area contributed by atoms with Crippen LogP contribution < -0.4 is 0 Å². The van der Waals surface area contributed by atoms with E-state index in [4.69, 9.17) is 5.11 Å². The molecule has 0 aliphatic heterocycles. The minimum atomic E-state index is -0.760. The van der Waals surface area contributed by atoms with Crippen LogP contribution in [0.3, 0.4) is 0 Å². The van der Waals surface area contributed by atoms with Crippen LogP contribution in [-0.2, 0) is 10.2 Å². The molecule has 0 aromatic carbocycles. The molecule has 1 atom stereocenters. The third-order valence-electron chi connectivity index (χ3n) is 2.30. The van der Waals surface area contributed by atoms with Gasteiger partial charge in [-0.3, -0.25) is 4.79 Å². The molecule has 1 aromatic heterocycles. The zero-order chi connectivity index (χ0) is 10.1. The number of carboxylic acid groups (broad SMARTS) is 1. The first kappa shape index (κ1) is 10.7. The molecular weight excluding hydrogens is 252 g/mol. The third kappa shape index (κ3) is 1.94. The van der Waals surface area contributed by atoms with Gasteiger partial charge in [-0.1, -0.05) is 6.92 Å². The van der Waals surface area contributed by atoms with Crippen molar-refractivity contribution in [1.82, 2.24) is 0 Å². The van der Waals surface area contributed by atoms with Crippen LogP contribution in [0.4, 0.5) is 0 Å². The van der Waals surface area contributed by atoms with E-state index in [9.17, 15) is 4.79 Å². The first-order chi connectivity index (χ1) is 6.00. The summed E-state index contributed by atoms with van der Waals surface area (Å²) in [5.74, 6) is -0.760. The summed E-state index contributed by atoms with van der Waals surface area (Å²) >= 11 is 4.81. The van der Waals surface area contributed by atoms with Gasteiger partial charge in [-0.05, 0) is 41.4 Å². The van der Waals surface area contributed by atoms with Crippen LogP contribution in [0, 0.1) is 0 Å². The molecule has 72 valence electrons. The first-order valence-corrected chi connectivity index (χ1v) is 5.61. The molecule has 4 heteroatoms. The number of rotatable bonds is 3. The largest absolute Gasteiger partial charge is 0.481 e. The van der Waals surface area contributed by atoms with E-state index in [1.54, 1.807) is 6.92 Å². The van der Waals surface area contributed by atoms with Crippen LogP contribution in [0.2, 0.25) is 0 Å². The summed E-state index contributed by atoms with van der Waals surface area (Å²) in [5, 5.41) is 9.09. The van der Waals surface area contributed by atoms with Crippen LogP contribution in [-0.4, -0.2) is 11.1 Å². The second kappa shape index (κ2) is 3.80. The van der Waals surface area contributed by atoms with Crippen molar-refractivity contribution in [2.24, 2.45) is 0 Å². The molecule has 1 N–H and O–H groups in total. The predicted octanol–water partition coefficient (Wildman–Crippen LogP) is 3.26. The van der Waals surface area contributed by atoms with Crippen molar-refractivity contribution in [3.63, 3.8) is 0 Å². The van der Waals surface area contributed by atoms with Gasteiger partial charge in [0.25, 0.3) is 0 Å². The van der Waals surface area contributed by atoms with Gasteiger partial charge in [0.15, 0.2) is 0 Å². The summed E-state index contributed by atoms with van der Waals surface area (Å²) in [6, 6.07) is 3.75. The summed E-state index contributed by atoms with van der Waals surface area (Å²) in [5.41, 5.74) is -0.739. The lowest BCUT2D eigenvalue weighted by Gasteiger charge is -2.20. The fourth-order valence-electron chi connectivity index (χ4n) is 1.04. The lowest BCUT2D eigenvalue weighted by Crippen LogP contribution is -2.30. The summed E-state index contributed by atoms with van der Waals surface area (Å²) in [7, 11) is 0. The highest BCUT2D eigenvalue weighted by molar-refractivity contribution is 9.11. The molecule has 13 heavy (non-hydrogen) atoms. The topological polar surface area (TPSA) is 37.3 Å². The van der Waals surface area contributed by atoms with E-state index in [-0.39, 0.29) is 0 Å². The van der Waals surface area contributed by atoms with Crippen molar-refractivity contribution >= 4 is 33.2 Å². The zero-order valence-electron chi connectivity index (χ0n) is 7.50. The number of aliphatic carboxylic acids is 1. The van der Waals surface area contributed by atoms with Gasteiger partial charge in [-0.2, -0.15) is 0 Å². The van der Waals surface area contributed by atoms with Crippen LogP contribution in [0.1, 0.15) is 25.1 Å². The Balaban J connectivity index is 3.09. The highest BCUT2D eigenvalue weighted by atomic mass is 79.9. The Kier molecular flexibility index (Phi) is 3.14. The van der Waals surface area contributed by atoms with Gasteiger partial charge in [0.05, 0.1) is 9.20 Å². The Morgan fingerprint density at radius 2 is 2.31 bits per heavy atom. The van der Waals surface area contributed by atoms with Crippen molar-refractivity contribution in [3.05, 3.63) is 20.8 Å². The van der Waals surface area contributed by atoms with Gasteiger partial charge < -0.3 is 5.11 Å². The maximum Gasteiger partial charge on any atom is 0.314 e. The van der Waals surface area contributed by atoms with E-state index in [1.807, 2.05) is 19.1 Å². The lowest BCUT2D eigenvalue weighted by atomic mass is 9.86. The minimum Gasteiger partial charge on any atom is -0.481 e. The molecule has 0 aliphatic rings. The van der Waals surface area contributed by atoms with Gasteiger partial charge in [-0.15, -0.1) is 11.3 Å². The SMILES string of the molecule is CCC(C)(C(=O)O)c1ccc(Br)s1. The van der Waals surface area contributed by atoms with E-state index in [1.165, 1.54) is 11.3 Å². The summed E-state index contributed by atoms with van der Waals surface area (Å²) in [6.45, 7) is 3.65. The molecule has 0 saturated carbocycles. The molecule has 0 saturated heterocycles. The summed E-state index contributed by atoms with van der Waals surface area (Å²) in [4.78, 5) is 12.0. The monoisotopic (exact) mass is 262 g/mol. The Labute approximate surface area is 89.7 Å². The molecule has 1 unspecified atom stereocenters. The van der Waals surface area contributed by atoms with E-state index >= 15 is 0 Å². The number of carbonyl (C=O) groups is 1. The summed E-state index contributed by atoms with van der Waals surface area (Å²) in [6.07, 6.45) is 0.606. The van der Waals surface area contributed by atoms with Gasteiger partial charge in [0.1, 0.15) is 0 Å².